The summed E-state index contributed by atoms with van der Waals surface area (Å²) in [7, 11) is 1.55. The van der Waals surface area contributed by atoms with Crippen LogP contribution in [0.15, 0.2) is 66.5 Å². The monoisotopic (exact) mass is 514 g/mol. The number of nitrogens with zero attached hydrogens (tertiary/aromatic N) is 2. The zero-order valence-electron chi connectivity index (χ0n) is 22.5. The van der Waals surface area contributed by atoms with E-state index in [4.69, 9.17) is 9.47 Å². The average Bonchev–Trinajstić information content (AvgIpc) is 3.15. The molecule has 2 heterocycles. The number of hydrogen-bond donors (Lipinski definition) is 1. The highest BCUT2D eigenvalue weighted by Gasteiger charge is 2.46. The summed E-state index contributed by atoms with van der Waals surface area (Å²) in [5.41, 5.74) is 3.71. The number of benzene rings is 2. The number of rotatable bonds is 9. The summed E-state index contributed by atoms with van der Waals surface area (Å²) in [6.45, 7) is 8.73. The van der Waals surface area contributed by atoms with E-state index in [1.165, 1.54) is 4.90 Å². The molecule has 38 heavy (non-hydrogen) atoms. The van der Waals surface area contributed by atoms with E-state index in [1.807, 2.05) is 44.2 Å². The topological polar surface area (TPSA) is 89.0 Å². The van der Waals surface area contributed by atoms with Crippen molar-refractivity contribution in [2.45, 2.75) is 46.7 Å². The maximum Gasteiger partial charge on any atom is 0.295 e. The maximum absolute atomic E-state index is 13.4. The molecule has 0 radical (unpaired) electrons. The molecule has 0 spiro atoms. The van der Waals surface area contributed by atoms with Gasteiger partial charge < -0.3 is 19.5 Å². The number of aryl methyl sites for hydroxylation is 2. The standard InChI is InChI=1S/C31H34N2O5/c1-19(2)12-14-38-25-11-10-23(16-26(25)37-5)28-27(29(34)24-15-20(3)8-9-21(24)4)30(35)31(36)33(28)18-22-7-6-13-32-17-22/h6-11,13,15-17,19,28,34H,12,14,18H2,1-5H3. The molecular weight excluding hydrogens is 480 g/mol. The first-order chi connectivity index (χ1) is 18.2. The Morgan fingerprint density at radius 1 is 1.08 bits per heavy atom. The van der Waals surface area contributed by atoms with Crippen molar-refractivity contribution in [2.24, 2.45) is 5.92 Å². The second-order valence-corrected chi connectivity index (χ2v) is 10.0. The van der Waals surface area contributed by atoms with Crippen LogP contribution in [0.4, 0.5) is 0 Å². The predicted molar refractivity (Wildman–Crippen MR) is 146 cm³/mol. The molecule has 1 unspecified atom stereocenters. The van der Waals surface area contributed by atoms with Crippen molar-refractivity contribution in [2.75, 3.05) is 13.7 Å². The molecule has 198 valence electrons. The molecule has 2 aromatic carbocycles. The van der Waals surface area contributed by atoms with Crippen LogP contribution >= 0.6 is 0 Å². The fourth-order valence-electron chi connectivity index (χ4n) is 4.59. The lowest BCUT2D eigenvalue weighted by atomic mass is 9.93. The van der Waals surface area contributed by atoms with Crippen molar-refractivity contribution in [3.63, 3.8) is 0 Å². The molecule has 1 aromatic heterocycles. The van der Waals surface area contributed by atoms with Gasteiger partial charge in [0.15, 0.2) is 11.5 Å². The Morgan fingerprint density at radius 3 is 2.55 bits per heavy atom. The Bertz CT molecular complexity index is 1360. The highest BCUT2D eigenvalue weighted by atomic mass is 16.5. The third kappa shape index (κ3) is 5.57. The van der Waals surface area contributed by atoms with Crippen LogP contribution in [0.1, 0.15) is 54.1 Å². The van der Waals surface area contributed by atoms with Gasteiger partial charge in [0.25, 0.3) is 11.7 Å². The van der Waals surface area contributed by atoms with Crippen molar-refractivity contribution in [1.82, 2.24) is 9.88 Å². The van der Waals surface area contributed by atoms with Crippen LogP contribution in [0.2, 0.25) is 0 Å². The van der Waals surface area contributed by atoms with Gasteiger partial charge in [-0.15, -0.1) is 0 Å². The molecule has 4 rings (SSSR count). The molecule has 1 saturated heterocycles. The van der Waals surface area contributed by atoms with Gasteiger partial charge in [0.1, 0.15) is 5.76 Å². The molecular formula is C31H34N2O5. The number of carbonyl (C=O) groups is 2. The van der Waals surface area contributed by atoms with Gasteiger partial charge in [-0.2, -0.15) is 0 Å². The summed E-state index contributed by atoms with van der Waals surface area (Å²) in [4.78, 5) is 32.4. The van der Waals surface area contributed by atoms with E-state index >= 15 is 0 Å². The first-order valence-corrected chi connectivity index (χ1v) is 12.8. The summed E-state index contributed by atoms with van der Waals surface area (Å²) in [5, 5.41) is 11.5. The quantitative estimate of drug-likeness (QED) is 0.222. The van der Waals surface area contributed by atoms with Crippen LogP contribution in [0.3, 0.4) is 0 Å². The van der Waals surface area contributed by atoms with Gasteiger partial charge in [0.2, 0.25) is 0 Å². The maximum atomic E-state index is 13.4. The van der Waals surface area contributed by atoms with Crippen molar-refractivity contribution in [3.05, 3.63) is 94.3 Å². The third-order valence-electron chi connectivity index (χ3n) is 6.72. The molecule has 7 nitrogen and oxygen atoms in total. The van der Waals surface area contributed by atoms with Crippen LogP contribution in [0, 0.1) is 19.8 Å². The van der Waals surface area contributed by atoms with E-state index in [0.717, 1.165) is 23.1 Å². The van der Waals surface area contributed by atoms with Gasteiger partial charge in [-0.3, -0.25) is 14.6 Å². The Labute approximate surface area is 223 Å². The summed E-state index contributed by atoms with van der Waals surface area (Å²) in [6.07, 6.45) is 4.21. The van der Waals surface area contributed by atoms with E-state index in [0.29, 0.717) is 35.2 Å². The molecule has 1 aliphatic rings. The van der Waals surface area contributed by atoms with Crippen molar-refractivity contribution in [1.29, 1.82) is 0 Å². The first-order valence-electron chi connectivity index (χ1n) is 12.8. The summed E-state index contributed by atoms with van der Waals surface area (Å²) in [5.74, 6) is -0.0342. The minimum Gasteiger partial charge on any atom is -0.507 e. The van der Waals surface area contributed by atoms with E-state index < -0.39 is 17.7 Å². The number of amides is 1. The number of Topliss-reactive ketones (excluding diaryl/α,β-unsaturated/α-hetero) is 1. The first kappa shape index (κ1) is 26.9. The summed E-state index contributed by atoms with van der Waals surface area (Å²) < 4.78 is 11.6. The number of ketones is 1. The van der Waals surface area contributed by atoms with E-state index in [2.05, 4.69) is 18.8 Å². The van der Waals surface area contributed by atoms with E-state index in [1.54, 1.807) is 37.7 Å². The van der Waals surface area contributed by atoms with Gasteiger partial charge >= 0.3 is 0 Å². The Kier molecular flexibility index (Phi) is 8.15. The minimum atomic E-state index is -0.825. The highest BCUT2D eigenvalue weighted by molar-refractivity contribution is 6.46. The lowest BCUT2D eigenvalue weighted by molar-refractivity contribution is -0.140. The Morgan fingerprint density at radius 2 is 1.87 bits per heavy atom. The Hall–Kier alpha value is -4.13. The molecule has 1 atom stereocenters. The second-order valence-electron chi connectivity index (χ2n) is 10.0. The van der Waals surface area contributed by atoms with Gasteiger partial charge in [-0.05, 0) is 67.1 Å². The number of likely N-dealkylation sites (tertiary alicyclic amines) is 1. The SMILES string of the molecule is COc1cc(C2C(=C(O)c3cc(C)ccc3C)C(=O)C(=O)N2Cc2cccnc2)ccc1OCCC(C)C. The van der Waals surface area contributed by atoms with Gasteiger partial charge in [0.05, 0.1) is 25.3 Å². The van der Waals surface area contributed by atoms with Crippen LogP contribution in [0.25, 0.3) is 5.76 Å². The summed E-state index contributed by atoms with van der Waals surface area (Å²) in [6, 6.07) is 13.8. The minimum absolute atomic E-state index is 0.0446. The molecule has 7 heteroatoms. The van der Waals surface area contributed by atoms with E-state index in [9.17, 15) is 14.7 Å². The smallest absolute Gasteiger partial charge is 0.295 e. The zero-order valence-corrected chi connectivity index (χ0v) is 22.5. The molecule has 0 bridgehead atoms. The molecule has 1 fully saturated rings. The van der Waals surface area contributed by atoms with Crippen molar-refractivity contribution >= 4 is 17.4 Å². The number of pyridine rings is 1. The molecule has 1 N–H and O–H groups in total. The van der Waals surface area contributed by atoms with Gasteiger partial charge in [-0.25, -0.2) is 0 Å². The van der Waals surface area contributed by atoms with Crippen LogP contribution in [-0.4, -0.2) is 40.4 Å². The molecule has 0 saturated carbocycles. The third-order valence-corrected chi connectivity index (χ3v) is 6.72. The summed E-state index contributed by atoms with van der Waals surface area (Å²) >= 11 is 0. The molecule has 0 aliphatic carbocycles. The van der Waals surface area contributed by atoms with Crippen molar-refractivity contribution in [3.8, 4) is 11.5 Å². The highest BCUT2D eigenvalue weighted by Crippen LogP contribution is 2.43. The lowest BCUT2D eigenvalue weighted by Crippen LogP contribution is -2.29. The molecule has 1 amide bonds. The molecule has 3 aromatic rings. The number of methoxy groups -OCH3 is 1. The van der Waals surface area contributed by atoms with Crippen LogP contribution in [-0.2, 0) is 16.1 Å². The fraction of sp³-hybridized carbons (Fsp3) is 0.323. The largest absolute Gasteiger partial charge is 0.507 e. The predicted octanol–water partition coefficient (Wildman–Crippen LogP) is 5.75. The van der Waals surface area contributed by atoms with Crippen molar-refractivity contribution < 1.29 is 24.2 Å². The van der Waals surface area contributed by atoms with Crippen LogP contribution < -0.4 is 9.47 Å². The number of aliphatic hydroxyl groups excluding tert-OH is 1. The molecule has 1 aliphatic heterocycles. The number of hydrogen-bond acceptors (Lipinski definition) is 6. The lowest BCUT2D eigenvalue weighted by Gasteiger charge is -2.26. The van der Waals surface area contributed by atoms with E-state index in [-0.39, 0.29) is 17.9 Å². The Balaban J connectivity index is 1.84. The van der Waals surface area contributed by atoms with Gasteiger partial charge in [-0.1, -0.05) is 43.7 Å². The normalized spacial score (nSPS) is 16.8. The zero-order chi connectivity index (χ0) is 27.4. The number of ether oxygens (including phenoxy) is 2. The van der Waals surface area contributed by atoms with Crippen LogP contribution in [0.5, 0.6) is 11.5 Å². The van der Waals surface area contributed by atoms with Gasteiger partial charge in [0, 0.05) is 24.5 Å². The second kappa shape index (κ2) is 11.5. The fourth-order valence-corrected chi connectivity index (χ4v) is 4.59. The number of aromatic nitrogens is 1. The number of aliphatic hydroxyl groups is 1. The number of carbonyl (C=O) groups excluding carboxylic acids is 2. The average molecular weight is 515 g/mol.